The largest absolute Gasteiger partial charge is 0.466 e. The van der Waals surface area contributed by atoms with E-state index in [9.17, 15) is 14.4 Å². The third kappa shape index (κ3) is 11.2. The molecule has 0 aliphatic carbocycles. The minimum Gasteiger partial charge on any atom is -0.466 e. The first kappa shape index (κ1) is 17.4. The van der Waals surface area contributed by atoms with E-state index in [1.807, 2.05) is 0 Å². The molecule has 0 saturated heterocycles. The van der Waals surface area contributed by atoms with Crippen molar-refractivity contribution in [3.8, 4) is 0 Å². The number of amides is 2. The number of hydrogen-bond donors (Lipinski definition) is 2. The van der Waals surface area contributed by atoms with Gasteiger partial charge < -0.3 is 15.4 Å². The third-order valence-corrected chi connectivity index (χ3v) is 2.38. The van der Waals surface area contributed by atoms with Gasteiger partial charge in [-0.3, -0.25) is 14.4 Å². The molecule has 114 valence electrons. The van der Waals surface area contributed by atoms with Crippen molar-refractivity contribution < 1.29 is 22.0 Å². The average Bonchev–Trinajstić information content (AvgIpc) is 2.35. The Labute approximate surface area is 117 Å². The molecule has 0 bridgehead atoms. The predicted octanol–water partition coefficient (Wildman–Crippen LogP) is 1.24. The molecule has 0 spiro atoms. The quantitative estimate of drug-likeness (QED) is 0.357. The van der Waals surface area contributed by atoms with Crippen LogP contribution >= 0.6 is 0 Å². The summed E-state index contributed by atoms with van der Waals surface area (Å²) in [6, 6.07) is 0. The van der Waals surface area contributed by atoms with Gasteiger partial charge >= 0.3 is 5.97 Å². The van der Waals surface area contributed by atoms with Crippen molar-refractivity contribution in [2.45, 2.75) is 46.0 Å². The van der Waals surface area contributed by atoms with Crippen LogP contribution in [0, 0.1) is 0 Å². The molecule has 0 aliphatic rings. The highest BCUT2D eigenvalue weighted by molar-refractivity contribution is 5.96. The van der Waals surface area contributed by atoms with E-state index < -0.39 is 0 Å². The second kappa shape index (κ2) is 11.5. The van der Waals surface area contributed by atoms with Gasteiger partial charge in [0.25, 0.3) is 0 Å². The molecule has 6 heteroatoms. The molecular weight excluding hydrogens is 248 g/mol. The minimum atomic E-state index is -0.378. The fourth-order valence-corrected chi connectivity index (χ4v) is 1.41. The Morgan fingerprint density at radius 2 is 1.63 bits per heavy atom. The molecule has 6 nitrogen and oxygen atoms in total. The lowest BCUT2D eigenvalue weighted by Crippen LogP contribution is -2.33. The first-order chi connectivity index (χ1) is 9.10. The van der Waals surface area contributed by atoms with Gasteiger partial charge in [0.2, 0.25) is 11.8 Å². The highest BCUT2D eigenvalue weighted by Crippen LogP contribution is 1.92. The zero-order valence-corrected chi connectivity index (χ0v) is 11.8. The number of nitrogens with one attached hydrogen (secondary N) is 2. The summed E-state index contributed by atoms with van der Waals surface area (Å²) in [4.78, 5) is 33.7. The first-order valence-electron chi connectivity index (χ1n) is 6.79. The number of carbonyl (C=O) groups is 3. The zero-order chi connectivity index (χ0) is 14.5. The Morgan fingerprint density at radius 1 is 1.00 bits per heavy atom. The van der Waals surface area contributed by atoms with Crippen LogP contribution in [0.25, 0.3) is 0 Å². The molecule has 0 aromatic carbocycles. The van der Waals surface area contributed by atoms with Crippen LogP contribution in [-0.2, 0) is 19.1 Å². The molecule has 2 N–H and O–H groups in total. The number of hydrogen-bond acceptors (Lipinski definition) is 4. The summed E-state index contributed by atoms with van der Waals surface area (Å²) in [6.07, 6.45) is 3.00. The average molecular weight is 276 g/mol. The summed E-state index contributed by atoms with van der Waals surface area (Å²) >= 11 is 0. The minimum absolute atomic E-state index is 0. The lowest BCUT2D eigenvalue weighted by Gasteiger charge is -2.06. The molecule has 19 heavy (non-hydrogen) atoms. The molecular formula is C13H28N2O4. The molecule has 0 aromatic heterocycles. The SMILES string of the molecule is CCCCCNC(=O)CC(=O)NCCC(=O)OCC.[HH].[HH]. The Hall–Kier alpha value is -1.59. The van der Waals surface area contributed by atoms with E-state index in [1.165, 1.54) is 0 Å². The van der Waals surface area contributed by atoms with E-state index in [1.54, 1.807) is 6.92 Å². The van der Waals surface area contributed by atoms with Crippen LogP contribution in [0.2, 0.25) is 0 Å². The van der Waals surface area contributed by atoms with Crippen molar-refractivity contribution in [3.63, 3.8) is 0 Å². The van der Waals surface area contributed by atoms with Crippen molar-refractivity contribution in [2.75, 3.05) is 19.7 Å². The molecule has 0 rings (SSSR count). The topological polar surface area (TPSA) is 84.5 Å². The maximum Gasteiger partial charge on any atom is 0.307 e. The van der Waals surface area contributed by atoms with Gasteiger partial charge in [0, 0.05) is 15.9 Å². The third-order valence-electron chi connectivity index (χ3n) is 2.38. The van der Waals surface area contributed by atoms with Crippen LogP contribution in [0.1, 0.15) is 48.8 Å². The molecule has 0 fully saturated rings. The van der Waals surface area contributed by atoms with Crippen LogP contribution in [0.15, 0.2) is 0 Å². The van der Waals surface area contributed by atoms with Crippen molar-refractivity contribution in [1.82, 2.24) is 10.6 Å². The second-order valence-corrected chi connectivity index (χ2v) is 4.14. The van der Waals surface area contributed by atoms with Gasteiger partial charge in [-0.1, -0.05) is 19.8 Å². The standard InChI is InChI=1S/C13H24N2O4.2H2/c1-3-5-6-8-14-11(16)10-12(17)15-9-7-13(18)19-4-2;;/h3-10H2,1-2H3,(H,14,16)(H,15,17);2*1H. The summed E-state index contributed by atoms with van der Waals surface area (Å²) < 4.78 is 4.71. The van der Waals surface area contributed by atoms with E-state index in [4.69, 9.17) is 4.74 Å². The maximum atomic E-state index is 11.4. The molecule has 0 radical (unpaired) electrons. The summed E-state index contributed by atoms with van der Waals surface area (Å²) in [6.45, 7) is 4.93. The van der Waals surface area contributed by atoms with E-state index >= 15 is 0 Å². The van der Waals surface area contributed by atoms with Crippen molar-refractivity contribution in [1.29, 1.82) is 0 Å². The van der Waals surface area contributed by atoms with Gasteiger partial charge in [-0.25, -0.2) is 0 Å². The number of carbonyl (C=O) groups excluding carboxylic acids is 3. The molecule has 0 unspecified atom stereocenters. The van der Waals surface area contributed by atoms with Gasteiger partial charge in [0.05, 0.1) is 13.0 Å². The number of ether oxygens (including phenoxy) is 1. The fourth-order valence-electron chi connectivity index (χ4n) is 1.41. The first-order valence-corrected chi connectivity index (χ1v) is 6.79. The second-order valence-electron chi connectivity index (χ2n) is 4.14. The molecule has 0 heterocycles. The Kier molecular flexibility index (Phi) is 10.5. The van der Waals surface area contributed by atoms with Gasteiger partial charge in [0.1, 0.15) is 6.42 Å². The number of esters is 1. The molecule has 2 amide bonds. The summed E-state index contributed by atoms with van der Waals surface area (Å²) in [7, 11) is 0. The molecule has 0 atom stereocenters. The lowest BCUT2D eigenvalue weighted by atomic mass is 10.2. The highest BCUT2D eigenvalue weighted by Gasteiger charge is 2.09. The van der Waals surface area contributed by atoms with Crippen LogP contribution in [0.5, 0.6) is 0 Å². The summed E-state index contributed by atoms with van der Waals surface area (Å²) in [5.74, 6) is -1.02. The van der Waals surface area contributed by atoms with Crippen LogP contribution < -0.4 is 10.6 Å². The van der Waals surface area contributed by atoms with Crippen LogP contribution in [-0.4, -0.2) is 37.5 Å². The van der Waals surface area contributed by atoms with Gasteiger partial charge in [-0.15, -0.1) is 0 Å². The Balaban J connectivity index is -0.00000162. The summed E-state index contributed by atoms with van der Waals surface area (Å²) in [5, 5.41) is 5.18. The summed E-state index contributed by atoms with van der Waals surface area (Å²) in [5.41, 5.74) is 0. The predicted molar refractivity (Wildman–Crippen MR) is 75.6 cm³/mol. The van der Waals surface area contributed by atoms with Crippen LogP contribution in [0.4, 0.5) is 0 Å². The normalized spacial score (nSPS) is 9.79. The monoisotopic (exact) mass is 276 g/mol. The maximum absolute atomic E-state index is 11.4. The Bertz CT molecular complexity index is 302. The number of rotatable bonds is 10. The van der Waals surface area contributed by atoms with Gasteiger partial charge in [-0.05, 0) is 13.3 Å². The van der Waals surface area contributed by atoms with E-state index in [2.05, 4.69) is 17.6 Å². The highest BCUT2D eigenvalue weighted by atomic mass is 16.5. The van der Waals surface area contributed by atoms with Crippen molar-refractivity contribution in [2.24, 2.45) is 0 Å². The lowest BCUT2D eigenvalue weighted by molar-refractivity contribution is -0.143. The van der Waals surface area contributed by atoms with Crippen molar-refractivity contribution >= 4 is 17.8 Å². The van der Waals surface area contributed by atoms with E-state index in [-0.39, 0.29) is 40.0 Å². The molecule has 0 aliphatic heterocycles. The zero-order valence-electron chi connectivity index (χ0n) is 11.8. The molecule has 0 aromatic rings. The van der Waals surface area contributed by atoms with Crippen molar-refractivity contribution in [3.05, 3.63) is 0 Å². The van der Waals surface area contributed by atoms with E-state index in [0.29, 0.717) is 13.2 Å². The van der Waals surface area contributed by atoms with Gasteiger partial charge in [0.15, 0.2) is 0 Å². The Morgan fingerprint density at radius 3 is 2.21 bits per heavy atom. The molecule has 0 saturated carbocycles. The van der Waals surface area contributed by atoms with Crippen LogP contribution in [0.3, 0.4) is 0 Å². The fraction of sp³-hybridized carbons (Fsp3) is 0.769. The van der Waals surface area contributed by atoms with E-state index in [0.717, 1.165) is 19.3 Å². The van der Waals surface area contributed by atoms with Gasteiger partial charge in [-0.2, -0.15) is 0 Å². The number of unbranched alkanes of at least 4 members (excludes halogenated alkanes) is 2. The smallest absolute Gasteiger partial charge is 0.307 e.